The number of anilines is 2. The van der Waals surface area contributed by atoms with Gasteiger partial charge >= 0.3 is 5.97 Å². The van der Waals surface area contributed by atoms with Gasteiger partial charge in [-0.15, -0.1) is 0 Å². The van der Waals surface area contributed by atoms with Crippen LogP contribution in [-0.2, 0) is 14.3 Å². The fourth-order valence-electron chi connectivity index (χ4n) is 2.36. The van der Waals surface area contributed by atoms with Gasteiger partial charge in [-0.25, -0.2) is 4.79 Å². The van der Waals surface area contributed by atoms with Gasteiger partial charge in [0.25, 0.3) is 0 Å². The predicted molar refractivity (Wildman–Crippen MR) is 89.7 cm³/mol. The van der Waals surface area contributed by atoms with Crippen LogP contribution in [0.1, 0.15) is 33.6 Å². The van der Waals surface area contributed by atoms with Gasteiger partial charge in [-0.2, -0.15) is 0 Å². The van der Waals surface area contributed by atoms with E-state index in [0.29, 0.717) is 18.0 Å². The number of hydrogen-bond donors (Lipinski definition) is 2. The fourth-order valence-corrected chi connectivity index (χ4v) is 2.36. The Kier molecular flexibility index (Phi) is 5.71. The molecule has 3 N–H and O–H groups in total. The van der Waals surface area contributed by atoms with Crippen LogP contribution in [0.4, 0.5) is 11.4 Å². The average molecular weight is 322 g/mol. The summed E-state index contributed by atoms with van der Waals surface area (Å²) in [6, 6.07) is 5.44. The number of carbonyl (C=O) groups is 1. The zero-order chi connectivity index (χ0) is 16.9. The molecule has 0 bridgehead atoms. The summed E-state index contributed by atoms with van der Waals surface area (Å²) in [5.41, 5.74) is 6.83. The highest BCUT2D eigenvalue weighted by Crippen LogP contribution is 2.29. The summed E-state index contributed by atoms with van der Waals surface area (Å²) >= 11 is 0. The number of rotatable bonds is 6. The molecule has 0 amide bonds. The molecular weight excluding hydrogens is 296 g/mol. The van der Waals surface area contributed by atoms with Gasteiger partial charge in [-0.3, -0.25) is 0 Å². The topological polar surface area (TPSA) is 82.8 Å². The number of esters is 1. The van der Waals surface area contributed by atoms with Crippen molar-refractivity contribution in [3.05, 3.63) is 18.2 Å². The number of para-hydroxylation sites is 1. The Hall–Kier alpha value is -1.95. The van der Waals surface area contributed by atoms with Crippen LogP contribution in [-0.4, -0.2) is 37.4 Å². The van der Waals surface area contributed by atoms with Crippen molar-refractivity contribution in [2.45, 2.75) is 45.3 Å². The number of benzene rings is 1. The van der Waals surface area contributed by atoms with Crippen LogP contribution in [0.3, 0.4) is 0 Å². The van der Waals surface area contributed by atoms with Crippen LogP contribution >= 0.6 is 0 Å². The van der Waals surface area contributed by atoms with E-state index in [4.69, 9.17) is 19.9 Å². The molecule has 1 heterocycles. The smallest absolute Gasteiger partial charge is 0.344 e. The summed E-state index contributed by atoms with van der Waals surface area (Å²) in [4.78, 5) is 11.7. The largest absolute Gasteiger partial charge is 0.480 e. The molecule has 6 heteroatoms. The van der Waals surface area contributed by atoms with E-state index in [2.05, 4.69) is 5.32 Å². The standard InChI is InChI=1S/C17H26N2O4/c1-17(2,3)23-15(20)11-22-14-8-4-7-13(16(14)18)19-10-12-6-5-9-21-12/h4,7-8,12,19H,5-6,9-11,18H2,1-3H3/t12-/m0/s1. The number of nitrogens with two attached hydrogens (primary N) is 1. The second-order valence-corrected chi connectivity index (χ2v) is 6.61. The predicted octanol–water partition coefficient (Wildman–Crippen LogP) is 2.58. The van der Waals surface area contributed by atoms with Crippen molar-refractivity contribution in [3.63, 3.8) is 0 Å². The molecule has 128 valence electrons. The number of nitrogens with one attached hydrogen (secondary N) is 1. The quantitative estimate of drug-likeness (QED) is 0.619. The maximum atomic E-state index is 11.7. The van der Waals surface area contributed by atoms with Crippen molar-refractivity contribution in [2.75, 3.05) is 30.8 Å². The van der Waals surface area contributed by atoms with Crippen molar-refractivity contribution in [1.82, 2.24) is 0 Å². The Morgan fingerprint density at radius 2 is 2.22 bits per heavy atom. The lowest BCUT2D eigenvalue weighted by atomic mass is 10.2. The molecule has 0 unspecified atom stereocenters. The van der Waals surface area contributed by atoms with Crippen LogP contribution in [0, 0.1) is 0 Å². The number of ether oxygens (including phenoxy) is 3. The van der Waals surface area contributed by atoms with Crippen LogP contribution in [0.25, 0.3) is 0 Å². The molecule has 1 saturated heterocycles. The van der Waals surface area contributed by atoms with Crippen LogP contribution in [0.2, 0.25) is 0 Å². The molecule has 2 rings (SSSR count). The first-order valence-corrected chi connectivity index (χ1v) is 7.94. The van der Waals surface area contributed by atoms with Gasteiger partial charge in [0.2, 0.25) is 0 Å². The van der Waals surface area contributed by atoms with Crippen molar-refractivity contribution in [2.24, 2.45) is 0 Å². The first kappa shape index (κ1) is 17.4. The average Bonchev–Trinajstić information content (AvgIpc) is 2.96. The van der Waals surface area contributed by atoms with Crippen LogP contribution in [0.5, 0.6) is 5.75 Å². The Morgan fingerprint density at radius 1 is 1.43 bits per heavy atom. The molecule has 0 saturated carbocycles. The SMILES string of the molecule is CC(C)(C)OC(=O)COc1cccc(NC[C@@H]2CCCO2)c1N. The molecule has 6 nitrogen and oxygen atoms in total. The second kappa shape index (κ2) is 7.55. The van der Waals surface area contributed by atoms with Gasteiger partial charge in [-0.05, 0) is 45.7 Å². The van der Waals surface area contributed by atoms with Gasteiger partial charge in [0.15, 0.2) is 6.61 Å². The number of nitrogen functional groups attached to an aromatic ring is 1. The zero-order valence-corrected chi connectivity index (χ0v) is 14.1. The molecule has 1 aliphatic rings. The van der Waals surface area contributed by atoms with Crippen molar-refractivity contribution >= 4 is 17.3 Å². The molecule has 1 aromatic carbocycles. The summed E-state index contributed by atoms with van der Waals surface area (Å²) in [5, 5.41) is 3.27. The normalized spacial score (nSPS) is 17.8. The first-order valence-electron chi connectivity index (χ1n) is 7.94. The van der Waals surface area contributed by atoms with Crippen molar-refractivity contribution < 1.29 is 19.0 Å². The molecule has 1 aromatic rings. The van der Waals surface area contributed by atoms with E-state index in [1.807, 2.05) is 32.9 Å². The van der Waals surface area contributed by atoms with E-state index in [-0.39, 0.29) is 12.7 Å². The molecule has 0 spiro atoms. The monoisotopic (exact) mass is 322 g/mol. The molecular formula is C17H26N2O4. The zero-order valence-electron chi connectivity index (χ0n) is 14.1. The Labute approximate surface area is 137 Å². The summed E-state index contributed by atoms with van der Waals surface area (Å²) in [5.74, 6) is 0.0443. The third kappa shape index (κ3) is 5.63. The minimum atomic E-state index is -0.531. The highest BCUT2D eigenvalue weighted by Gasteiger charge is 2.18. The Balaban J connectivity index is 1.89. The van der Waals surface area contributed by atoms with E-state index >= 15 is 0 Å². The van der Waals surface area contributed by atoms with Crippen LogP contribution < -0.4 is 15.8 Å². The van der Waals surface area contributed by atoms with E-state index in [0.717, 1.165) is 25.1 Å². The molecule has 23 heavy (non-hydrogen) atoms. The summed E-state index contributed by atoms with van der Waals surface area (Å²) in [7, 11) is 0. The molecule has 1 fully saturated rings. The van der Waals surface area contributed by atoms with E-state index in [1.54, 1.807) is 6.07 Å². The van der Waals surface area contributed by atoms with Gasteiger partial charge in [0.1, 0.15) is 11.4 Å². The minimum absolute atomic E-state index is 0.170. The van der Waals surface area contributed by atoms with Gasteiger partial charge < -0.3 is 25.3 Å². The van der Waals surface area contributed by atoms with Gasteiger partial charge in [-0.1, -0.05) is 6.07 Å². The molecule has 0 radical (unpaired) electrons. The fraction of sp³-hybridized carbons (Fsp3) is 0.588. The maximum Gasteiger partial charge on any atom is 0.344 e. The molecule has 1 aliphatic heterocycles. The maximum absolute atomic E-state index is 11.7. The third-order valence-corrected chi connectivity index (χ3v) is 3.38. The Bertz CT molecular complexity index is 534. The molecule has 0 aromatic heterocycles. The van der Waals surface area contributed by atoms with E-state index in [1.165, 1.54) is 0 Å². The van der Waals surface area contributed by atoms with E-state index < -0.39 is 11.6 Å². The van der Waals surface area contributed by atoms with Gasteiger partial charge in [0, 0.05) is 13.2 Å². The number of carbonyl (C=O) groups excluding carboxylic acids is 1. The summed E-state index contributed by atoms with van der Waals surface area (Å²) in [6.07, 6.45) is 2.38. The highest BCUT2D eigenvalue weighted by molar-refractivity contribution is 5.75. The van der Waals surface area contributed by atoms with Gasteiger partial charge in [0.05, 0.1) is 17.5 Å². The lowest BCUT2D eigenvalue weighted by molar-refractivity contribution is -0.157. The summed E-state index contributed by atoms with van der Waals surface area (Å²) < 4.78 is 16.3. The van der Waals surface area contributed by atoms with Crippen molar-refractivity contribution in [1.29, 1.82) is 0 Å². The minimum Gasteiger partial charge on any atom is -0.480 e. The van der Waals surface area contributed by atoms with Crippen molar-refractivity contribution in [3.8, 4) is 5.75 Å². The lowest BCUT2D eigenvalue weighted by Gasteiger charge is -2.20. The summed E-state index contributed by atoms with van der Waals surface area (Å²) in [6.45, 7) is 6.80. The van der Waals surface area contributed by atoms with Crippen LogP contribution in [0.15, 0.2) is 18.2 Å². The lowest BCUT2D eigenvalue weighted by Crippen LogP contribution is -2.27. The first-order chi connectivity index (χ1) is 10.8. The van der Waals surface area contributed by atoms with E-state index in [9.17, 15) is 4.79 Å². The molecule has 0 aliphatic carbocycles. The second-order valence-electron chi connectivity index (χ2n) is 6.61. The highest BCUT2D eigenvalue weighted by atomic mass is 16.6. The third-order valence-electron chi connectivity index (χ3n) is 3.38. The number of hydrogen-bond acceptors (Lipinski definition) is 6. The molecule has 1 atom stereocenters. The Morgan fingerprint density at radius 3 is 2.87 bits per heavy atom.